The number of pyridine rings is 1. The van der Waals surface area contributed by atoms with E-state index in [0.29, 0.717) is 17.3 Å². The summed E-state index contributed by atoms with van der Waals surface area (Å²) < 4.78 is 1.98. The molecule has 3 aromatic heterocycles. The maximum absolute atomic E-state index is 12.7. The normalized spacial score (nSPS) is 17.4. The van der Waals surface area contributed by atoms with Gasteiger partial charge in [-0.3, -0.25) is 14.6 Å². The highest BCUT2D eigenvalue weighted by Gasteiger charge is 2.36. The molecule has 3 aromatic rings. The Morgan fingerprint density at radius 2 is 1.97 bits per heavy atom. The molecule has 4 heterocycles. The lowest BCUT2D eigenvalue weighted by atomic mass is 10.1. The first-order valence-electron chi connectivity index (χ1n) is 10.7. The van der Waals surface area contributed by atoms with Gasteiger partial charge in [-0.2, -0.15) is 0 Å². The molecule has 0 radical (unpaired) electrons. The first-order chi connectivity index (χ1) is 15.4. The second-order valence-electron chi connectivity index (χ2n) is 8.45. The van der Waals surface area contributed by atoms with Gasteiger partial charge in [0, 0.05) is 39.6 Å². The number of carbonyl (C=O) groups excluding carboxylic acids is 2. The molecule has 32 heavy (non-hydrogen) atoms. The van der Waals surface area contributed by atoms with Crippen LogP contribution in [-0.2, 0) is 4.79 Å². The van der Waals surface area contributed by atoms with Crippen molar-refractivity contribution >= 4 is 34.9 Å². The fourth-order valence-corrected chi connectivity index (χ4v) is 4.02. The molecule has 0 aromatic carbocycles. The number of amides is 3. The molecule has 10 heteroatoms. The first-order valence-corrected chi connectivity index (χ1v) is 10.7. The van der Waals surface area contributed by atoms with Gasteiger partial charge >= 0.3 is 6.03 Å². The van der Waals surface area contributed by atoms with Crippen molar-refractivity contribution < 1.29 is 9.59 Å². The third-order valence-corrected chi connectivity index (χ3v) is 6.38. The predicted molar refractivity (Wildman–Crippen MR) is 121 cm³/mol. The molecule has 1 aliphatic heterocycles. The van der Waals surface area contributed by atoms with Gasteiger partial charge < -0.3 is 14.6 Å². The fourth-order valence-electron chi connectivity index (χ4n) is 4.02. The van der Waals surface area contributed by atoms with Gasteiger partial charge in [0.2, 0.25) is 5.91 Å². The van der Waals surface area contributed by atoms with Crippen LogP contribution in [0, 0.1) is 0 Å². The minimum atomic E-state index is -0.319. The standard InChI is InChI=1S/C22H26N8O2/c1-13(27(3)19-8-18(23-2)24-12-25-19)16-10-29-9-15(14-5-6-14)7-17(21(29)26-16)30-11-20(31)28(4)22(30)32/h7-10,12-14H,5-6,11H2,1-4H3,(H,23,24,25). The Bertz CT molecular complexity index is 1220. The summed E-state index contributed by atoms with van der Waals surface area (Å²) >= 11 is 0. The van der Waals surface area contributed by atoms with E-state index in [4.69, 9.17) is 4.98 Å². The Morgan fingerprint density at radius 3 is 2.62 bits per heavy atom. The topological polar surface area (TPSA) is 99.0 Å². The number of imidazole rings is 1. The summed E-state index contributed by atoms with van der Waals surface area (Å²) in [6, 6.07) is 3.50. The zero-order valence-electron chi connectivity index (χ0n) is 18.6. The molecule has 1 atom stereocenters. The number of aromatic nitrogens is 4. The van der Waals surface area contributed by atoms with Crippen LogP contribution >= 0.6 is 0 Å². The molecule has 1 N–H and O–H groups in total. The van der Waals surface area contributed by atoms with E-state index >= 15 is 0 Å². The number of nitrogens with zero attached hydrogens (tertiary/aromatic N) is 7. The van der Waals surface area contributed by atoms with Gasteiger partial charge in [-0.15, -0.1) is 0 Å². The Kier molecular flexibility index (Phi) is 4.72. The molecule has 1 unspecified atom stereocenters. The van der Waals surface area contributed by atoms with E-state index < -0.39 is 0 Å². The third-order valence-electron chi connectivity index (χ3n) is 6.38. The average Bonchev–Trinajstić information content (AvgIpc) is 3.52. The fraction of sp³-hybridized carbons (Fsp3) is 0.409. The van der Waals surface area contributed by atoms with E-state index in [1.165, 1.54) is 23.8 Å². The van der Waals surface area contributed by atoms with Gasteiger partial charge in [0.1, 0.15) is 24.5 Å². The van der Waals surface area contributed by atoms with Crippen LogP contribution in [0.3, 0.4) is 0 Å². The maximum atomic E-state index is 12.7. The molecular formula is C22H26N8O2. The van der Waals surface area contributed by atoms with Crippen LogP contribution in [0.1, 0.15) is 43.0 Å². The molecule has 0 spiro atoms. The van der Waals surface area contributed by atoms with Gasteiger partial charge in [0.15, 0.2) is 5.65 Å². The summed E-state index contributed by atoms with van der Waals surface area (Å²) in [5, 5.41) is 3.03. The minimum absolute atomic E-state index is 0.0322. The number of hydrogen-bond donors (Lipinski definition) is 1. The Hall–Kier alpha value is -3.69. The number of imide groups is 1. The van der Waals surface area contributed by atoms with Crippen LogP contribution in [0.2, 0.25) is 0 Å². The number of anilines is 3. The van der Waals surface area contributed by atoms with Gasteiger partial charge in [-0.1, -0.05) is 0 Å². The SMILES string of the molecule is CNc1cc(N(C)C(C)c2cn3cc(C4CC4)cc(N4CC(=O)N(C)C4=O)c3n2)ncn1. The van der Waals surface area contributed by atoms with Gasteiger partial charge in [-0.25, -0.2) is 19.7 Å². The summed E-state index contributed by atoms with van der Waals surface area (Å²) in [6.07, 6.45) is 7.90. The van der Waals surface area contributed by atoms with Crippen molar-refractivity contribution in [3.05, 3.63) is 42.1 Å². The first kappa shape index (κ1) is 20.2. The number of nitrogens with one attached hydrogen (secondary N) is 1. The van der Waals surface area contributed by atoms with Crippen molar-refractivity contribution in [3.63, 3.8) is 0 Å². The number of rotatable bonds is 6. The van der Waals surface area contributed by atoms with E-state index in [9.17, 15) is 9.59 Å². The summed E-state index contributed by atoms with van der Waals surface area (Å²) in [5.41, 5.74) is 3.36. The predicted octanol–water partition coefficient (Wildman–Crippen LogP) is 2.64. The zero-order valence-corrected chi connectivity index (χ0v) is 18.6. The highest BCUT2D eigenvalue weighted by atomic mass is 16.2. The van der Waals surface area contributed by atoms with Gasteiger partial charge in [-0.05, 0) is 37.3 Å². The Morgan fingerprint density at radius 1 is 1.19 bits per heavy atom. The number of hydrogen-bond acceptors (Lipinski definition) is 7. The lowest BCUT2D eigenvalue weighted by Gasteiger charge is -2.24. The van der Waals surface area contributed by atoms with Crippen molar-refractivity contribution in [3.8, 4) is 0 Å². The van der Waals surface area contributed by atoms with Crippen molar-refractivity contribution in [2.75, 3.05) is 42.8 Å². The largest absolute Gasteiger partial charge is 0.373 e. The summed E-state index contributed by atoms with van der Waals surface area (Å²) in [5.74, 6) is 1.79. The minimum Gasteiger partial charge on any atom is -0.373 e. The molecule has 0 bridgehead atoms. The number of fused-ring (bicyclic) bond motifs is 1. The number of likely N-dealkylation sites (N-methyl/N-ethyl adjacent to an activating group) is 1. The van der Waals surface area contributed by atoms with Gasteiger partial charge in [0.05, 0.1) is 17.4 Å². The summed E-state index contributed by atoms with van der Waals surface area (Å²) in [7, 11) is 5.30. The average molecular weight is 435 g/mol. The highest BCUT2D eigenvalue weighted by Crippen LogP contribution is 2.42. The van der Waals surface area contributed by atoms with E-state index in [-0.39, 0.29) is 24.5 Å². The molecule has 5 rings (SSSR count). The molecule has 1 saturated heterocycles. The van der Waals surface area contributed by atoms with E-state index in [1.807, 2.05) is 41.7 Å². The second kappa shape index (κ2) is 7.47. The summed E-state index contributed by atoms with van der Waals surface area (Å²) in [6.45, 7) is 2.09. The van der Waals surface area contributed by atoms with Gasteiger partial charge in [0.25, 0.3) is 0 Å². The monoisotopic (exact) mass is 434 g/mol. The lowest BCUT2D eigenvalue weighted by molar-refractivity contribution is -0.123. The third kappa shape index (κ3) is 3.31. The number of urea groups is 1. The highest BCUT2D eigenvalue weighted by molar-refractivity contribution is 6.13. The zero-order chi connectivity index (χ0) is 22.6. The molecule has 3 amide bonds. The van der Waals surface area contributed by atoms with Crippen LogP contribution in [-0.4, -0.2) is 63.9 Å². The van der Waals surface area contributed by atoms with Crippen LogP contribution in [0.15, 0.2) is 30.9 Å². The lowest BCUT2D eigenvalue weighted by Crippen LogP contribution is -2.30. The quantitative estimate of drug-likeness (QED) is 0.596. The van der Waals surface area contributed by atoms with E-state index in [1.54, 1.807) is 0 Å². The van der Waals surface area contributed by atoms with Crippen LogP contribution in [0.5, 0.6) is 0 Å². The van der Waals surface area contributed by atoms with Crippen LogP contribution in [0.25, 0.3) is 5.65 Å². The van der Waals surface area contributed by atoms with E-state index in [0.717, 1.165) is 35.1 Å². The van der Waals surface area contributed by atoms with Crippen molar-refractivity contribution in [1.29, 1.82) is 0 Å². The smallest absolute Gasteiger partial charge is 0.331 e. The molecule has 10 nitrogen and oxygen atoms in total. The van der Waals surface area contributed by atoms with Crippen LogP contribution in [0.4, 0.5) is 22.1 Å². The molecule has 166 valence electrons. The summed E-state index contributed by atoms with van der Waals surface area (Å²) in [4.78, 5) is 43.0. The van der Waals surface area contributed by atoms with E-state index in [2.05, 4.69) is 28.4 Å². The second-order valence-corrected chi connectivity index (χ2v) is 8.45. The molecule has 1 saturated carbocycles. The van der Waals surface area contributed by atoms with Crippen molar-refractivity contribution in [2.45, 2.75) is 31.7 Å². The molecular weight excluding hydrogens is 408 g/mol. The molecule has 2 aliphatic rings. The number of carbonyl (C=O) groups is 2. The molecule has 2 fully saturated rings. The van der Waals surface area contributed by atoms with Crippen molar-refractivity contribution in [1.82, 2.24) is 24.3 Å². The Labute approximate surface area is 185 Å². The van der Waals surface area contributed by atoms with Crippen LogP contribution < -0.4 is 15.1 Å². The maximum Gasteiger partial charge on any atom is 0.331 e. The molecule has 1 aliphatic carbocycles. The van der Waals surface area contributed by atoms with Crippen molar-refractivity contribution in [2.24, 2.45) is 0 Å². The Balaban J connectivity index is 1.55.